The SMILES string of the molecule is COc1cc2nc(CCn3c(=O)n4n(c3=O)C3Cn5c(=O)n(CCc6nc7cc(OC)c(OC)cc7n(C)c6=O)c(=O)n5C(c5ccc6ccccc6c5O)C3=CC4)c(=O)n(C)c2cc1OC. The standard InChI is InChI=1S/C46H44N10O11/c1-49-32-21-37(66-5)35(64-3)19-30(32)47-28(41(49)58)14-16-51-43(60)53-18-13-26-34(55(53)45(51)62)23-54-44(61)52(46(63)56(54)39(26)27-12-11-24-9-7-8-10-25(24)40(27)57)17-15-29-42(59)50(2)33-22-38(67-6)36(65-4)20-31(33)48-29/h7-13,19-22,34,39,57H,14-18,23H2,1-6H3. The topological polar surface area (TPSA) is 225 Å². The number of aromatic hydroxyl groups is 1. The zero-order valence-corrected chi connectivity index (χ0v) is 37.3. The number of methoxy groups -OCH3 is 4. The van der Waals surface area contributed by atoms with Crippen LogP contribution in [0.3, 0.4) is 0 Å². The maximum Gasteiger partial charge on any atom is 0.348 e. The molecular weight excluding hydrogens is 869 g/mol. The summed E-state index contributed by atoms with van der Waals surface area (Å²) in [6.07, 6.45) is 1.56. The third kappa shape index (κ3) is 6.43. The summed E-state index contributed by atoms with van der Waals surface area (Å²) in [5, 5.41) is 13.1. The van der Waals surface area contributed by atoms with Gasteiger partial charge in [0.1, 0.15) is 23.2 Å². The molecule has 0 aliphatic carbocycles. The van der Waals surface area contributed by atoms with E-state index in [2.05, 4.69) is 9.97 Å². The molecule has 2 aliphatic heterocycles. The Hall–Kier alpha value is -8.36. The number of aromatic nitrogens is 10. The minimum absolute atomic E-state index is 0.0760. The zero-order chi connectivity index (χ0) is 47.2. The molecule has 0 bridgehead atoms. The molecule has 21 heteroatoms. The molecule has 0 radical (unpaired) electrons. The lowest BCUT2D eigenvalue weighted by Gasteiger charge is -2.37. The first kappa shape index (κ1) is 42.6. The second kappa shape index (κ2) is 16.0. The quantitative estimate of drug-likeness (QED) is 0.182. The van der Waals surface area contributed by atoms with Crippen LogP contribution in [0.4, 0.5) is 0 Å². The zero-order valence-electron chi connectivity index (χ0n) is 37.3. The normalized spacial score (nSPS) is 15.3. The van der Waals surface area contributed by atoms with Crippen molar-refractivity contribution in [3.05, 3.63) is 152 Å². The molecule has 0 saturated carbocycles. The second-order valence-corrected chi connectivity index (χ2v) is 16.4. The summed E-state index contributed by atoms with van der Waals surface area (Å²) >= 11 is 0. The minimum Gasteiger partial charge on any atom is -0.507 e. The molecule has 2 atom stereocenters. The van der Waals surface area contributed by atoms with Crippen LogP contribution in [0.2, 0.25) is 0 Å². The maximum atomic E-state index is 14.7. The highest BCUT2D eigenvalue weighted by Gasteiger charge is 2.42. The smallest absolute Gasteiger partial charge is 0.348 e. The number of phenols is 1. The number of phenolic OH excluding ortho intramolecular Hbond substituents is 1. The maximum absolute atomic E-state index is 14.7. The highest BCUT2D eigenvalue weighted by molar-refractivity contribution is 5.89. The molecule has 0 fully saturated rings. The molecule has 0 saturated heterocycles. The molecule has 1 N–H and O–H groups in total. The summed E-state index contributed by atoms with van der Waals surface area (Å²) in [6, 6.07) is 15.1. The van der Waals surface area contributed by atoms with E-state index in [4.69, 9.17) is 18.9 Å². The lowest BCUT2D eigenvalue weighted by atomic mass is 9.88. The van der Waals surface area contributed by atoms with E-state index in [-0.39, 0.29) is 61.7 Å². The van der Waals surface area contributed by atoms with Crippen molar-refractivity contribution < 1.29 is 24.1 Å². The van der Waals surface area contributed by atoms with E-state index in [9.17, 15) is 33.9 Å². The van der Waals surface area contributed by atoms with Gasteiger partial charge in [0.2, 0.25) is 0 Å². The first-order valence-corrected chi connectivity index (χ1v) is 21.3. The Labute approximate surface area is 377 Å². The molecule has 0 spiro atoms. The molecule has 344 valence electrons. The molecule has 8 aromatic rings. The van der Waals surface area contributed by atoms with Crippen molar-refractivity contribution in [3.63, 3.8) is 0 Å². The van der Waals surface area contributed by atoms with E-state index < -0.39 is 46.0 Å². The van der Waals surface area contributed by atoms with Crippen LogP contribution >= 0.6 is 0 Å². The van der Waals surface area contributed by atoms with E-state index in [1.54, 1.807) is 68.7 Å². The summed E-state index contributed by atoms with van der Waals surface area (Å²) in [5.74, 6) is 1.50. The fraction of sp³-hybridized carbons (Fsp3) is 0.304. The molecular formula is C46H44N10O11. The number of allylic oxidation sites excluding steroid dienone is 2. The summed E-state index contributed by atoms with van der Waals surface area (Å²) in [4.78, 5) is 94.3. The van der Waals surface area contributed by atoms with Gasteiger partial charge in [-0.3, -0.25) is 9.59 Å². The third-order valence-corrected chi connectivity index (χ3v) is 13.0. The van der Waals surface area contributed by atoms with Crippen LogP contribution in [0.1, 0.15) is 29.0 Å². The minimum atomic E-state index is -1.11. The van der Waals surface area contributed by atoms with Crippen LogP contribution in [0.15, 0.2) is 101 Å². The van der Waals surface area contributed by atoms with Crippen molar-refractivity contribution in [2.45, 2.75) is 51.1 Å². The summed E-state index contributed by atoms with van der Waals surface area (Å²) in [7, 11) is 9.11. The summed E-state index contributed by atoms with van der Waals surface area (Å²) < 4.78 is 31.6. The number of hydrogen-bond acceptors (Lipinski definition) is 13. The van der Waals surface area contributed by atoms with E-state index in [1.165, 1.54) is 56.3 Å². The first-order chi connectivity index (χ1) is 32.3. The third-order valence-electron chi connectivity index (χ3n) is 13.0. The number of rotatable bonds is 11. The molecule has 2 unspecified atom stereocenters. The van der Waals surface area contributed by atoms with Gasteiger partial charge in [0.15, 0.2) is 23.0 Å². The number of benzene rings is 4. The number of hydrogen-bond donors (Lipinski definition) is 1. The first-order valence-electron chi connectivity index (χ1n) is 21.3. The van der Waals surface area contributed by atoms with Crippen molar-refractivity contribution in [1.82, 2.24) is 47.0 Å². The highest BCUT2D eigenvalue weighted by atomic mass is 16.5. The van der Waals surface area contributed by atoms with Crippen LogP contribution in [0, 0.1) is 0 Å². The van der Waals surface area contributed by atoms with Crippen molar-refractivity contribution >= 4 is 32.8 Å². The Morgan fingerprint density at radius 2 is 1.13 bits per heavy atom. The monoisotopic (exact) mass is 912 g/mol. The number of aryl methyl sites for hydroxylation is 4. The molecule has 67 heavy (non-hydrogen) atoms. The van der Waals surface area contributed by atoms with Crippen LogP contribution < -0.4 is 52.8 Å². The van der Waals surface area contributed by atoms with E-state index in [1.807, 2.05) is 12.1 Å². The van der Waals surface area contributed by atoms with E-state index in [0.717, 1.165) is 14.5 Å². The Morgan fingerprint density at radius 1 is 0.627 bits per heavy atom. The largest absolute Gasteiger partial charge is 0.507 e. The van der Waals surface area contributed by atoms with Gasteiger partial charge in [-0.05, 0) is 11.0 Å². The summed E-state index contributed by atoms with van der Waals surface area (Å²) in [5.41, 5.74) is -0.855. The van der Waals surface area contributed by atoms with Gasteiger partial charge in [-0.25, -0.2) is 57.0 Å². The van der Waals surface area contributed by atoms with Crippen molar-refractivity contribution in [2.75, 3.05) is 28.4 Å². The second-order valence-electron chi connectivity index (χ2n) is 16.4. The van der Waals surface area contributed by atoms with Crippen LogP contribution in [-0.4, -0.2) is 80.5 Å². The Balaban J connectivity index is 1.05. The summed E-state index contributed by atoms with van der Waals surface area (Å²) in [6.45, 7) is -0.763. The lowest BCUT2D eigenvalue weighted by molar-refractivity contribution is 0.244. The van der Waals surface area contributed by atoms with Crippen LogP contribution in [0.5, 0.6) is 28.7 Å². The van der Waals surface area contributed by atoms with Gasteiger partial charge in [0.05, 0.1) is 69.6 Å². The van der Waals surface area contributed by atoms with Gasteiger partial charge < -0.3 is 33.2 Å². The number of nitrogens with zero attached hydrogens (tertiary/aromatic N) is 10. The molecule has 6 heterocycles. The van der Waals surface area contributed by atoms with Gasteiger partial charge in [-0.2, -0.15) is 0 Å². The fourth-order valence-electron chi connectivity index (χ4n) is 9.59. The van der Waals surface area contributed by atoms with Gasteiger partial charge in [-0.15, -0.1) is 0 Å². The average Bonchev–Trinajstić information content (AvgIpc) is 3.73. The Morgan fingerprint density at radius 3 is 1.69 bits per heavy atom. The van der Waals surface area contributed by atoms with Gasteiger partial charge in [0.25, 0.3) is 11.1 Å². The molecule has 4 aromatic carbocycles. The number of ether oxygens (including phenoxy) is 4. The lowest BCUT2D eigenvalue weighted by Crippen LogP contribution is -2.47. The molecule has 21 nitrogen and oxygen atoms in total. The van der Waals surface area contributed by atoms with Gasteiger partial charge >= 0.3 is 22.8 Å². The number of fused-ring (bicyclic) bond motifs is 7. The van der Waals surface area contributed by atoms with Crippen LogP contribution in [0.25, 0.3) is 32.8 Å². The fourth-order valence-corrected chi connectivity index (χ4v) is 9.59. The average molecular weight is 913 g/mol. The van der Waals surface area contributed by atoms with Gasteiger partial charge in [-0.1, -0.05) is 42.5 Å². The molecule has 0 amide bonds. The Bertz CT molecular complexity index is 3800. The van der Waals surface area contributed by atoms with Crippen molar-refractivity contribution in [3.8, 4) is 28.7 Å². The predicted octanol–water partition coefficient (Wildman–Crippen LogP) is 1.59. The van der Waals surface area contributed by atoms with E-state index in [0.29, 0.717) is 56.0 Å². The van der Waals surface area contributed by atoms with Crippen molar-refractivity contribution in [2.24, 2.45) is 14.1 Å². The van der Waals surface area contributed by atoms with E-state index >= 15 is 0 Å². The van der Waals surface area contributed by atoms with Crippen LogP contribution in [-0.2, 0) is 53.1 Å². The molecule has 2 aliphatic rings. The highest BCUT2D eigenvalue weighted by Crippen LogP contribution is 2.43. The Kier molecular flexibility index (Phi) is 10.1. The molecule has 4 aromatic heterocycles. The van der Waals surface area contributed by atoms with Crippen molar-refractivity contribution in [1.29, 1.82) is 0 Å². The predicted molar refractivity (Wildman–Crippen MR) is 244 cm³/mol. The van der Waals surface area contributed by atoms with Gasteiger partial charge in [0, 0.05) is 75.2 Å². The molecule has 10 rings (SSSR count).